The van der Waals surface area contributed by atoms with E-state index in [1.54, 1.807) is 0 Å². The fourth-order valence-electron chi connectivity index (χ4n) is 1.71. The van der Waals surface area contributed by atoms with Crippen LogP contribution in [0.1, 0.15) is 54.4 Å². The van der Waals surface area contributed by atoms with Crippen LogP contribution in [0.15, 0.2) is 0 Å². The van der Waals surface area contributed by atoms with Crippen molar-refractivity contribution in [1.82, 2.24) is 10.6 Å². The summed E-state index contributed by atoms with van der Waals surface area (Å²) in [7, 11) is 0. The molecular weight excluding hydrogens is 196 g/mol. The summed E-state index contributed by atoms with van der Waals surface area (Å²) in [6, 6.07) is 1.26. The third kappa shape index (κ3) is 6.49. The van der Waals surface area contributed by atoms with Crippen LogP contribution in [0.4, 0.5) is 0 Å². The van der Waals surface area contributed by atoms with E-state index < -0.39 is 0 Å². The van der Waals surface area contributed by atoms with Gasteiger partial charge in [-0.2, -0.15) is 0 Å². The molecule has 0 fully saturated rings. The van der Waals surface area contributed by atoms with Gasteiger partial charge in [0.15, 0.2) is 0 Å². The summed E-state index contributed by atoms with van der Waals surface area (Å²) in [5.74, 6) is 1.54. The molecule has 0 aromatic rings. The van der Waals surface area contributed by atoms with Gasteiger partial charge < -0.3 is 10.6 Å². The van der Waals surface area contributed by atoms with E-state index in [1.165, 1.54) is 12.8 Å². The van der Waals surface area contributed by atoms with Gasteiger partial charge in [-0.15, -0.1) is 0 Å². The highest BCUT2D eigenvalue weighted by molar-refractivity contribution is 4.70. The summed E-state index contributed by atoms with van der Waals surface area (Å²) in [6.07, 6.45) is 2.51. The summed E-state index contributed by atoms with van der Waals surface area (Å²) in [6.45, 7) is 15.9. The van der Waals surface area contributed by atoms with E-state index >= 15 is 0 Å². The van der Waals surface area contributed by atoms with E-state index in [0.29, 0.717) is 12.1 Å². The molecule has 2 N–H and O–H groups in total. The van der Waals surface area contributed by atoms with Gasteiger partial charge in [-0.25, -0.2) is 0 Å². The van der Waals surface area contributed by atoms with Gasteiger partial charge in [0.25, 0.3) is 0 Å². The molecule has 98 valence electrons. The first-order valence-electron chi connectivity index (χ1n) is 6.99. The van der Waals surface area contributed by atoms with Crippen molar-refractivity contribution >= 4 is 0 Å². The molecule has 16 heavy (non-hydrogen) atoms. The molecule has 0 aromatic carbocycles. The first-order valence-corrected chi connectivity index (χ1v) is 6.99. The Morgan fingerprint density at radius 2 is 1.00 bits per heavy atom. The standard InChI is InChI=1S/C14H32N2/c1-7-11(3)13(5)15-9-10-16-14(6)12(4)8-2/h11-16H,7-10H2,1-6H3. The van der Waals surface area contributed by atoms with Crippen molar-refractivity contribution < 1.29 is 0 Å². The first-order chi connectivity index (χ1) is 7.52. The van der Waals surface area contributed by atoms with E-state index in [2.05, 4.69) is 52.2 Å². The molecule has 0 rings (SSSR count). The van der Waals surface area contributed by atoms with E-state index in [0.717, 1.165) is 24.9 Å². The molecule has 0 bridgehead atoms. The van der Waals surface area contributed by atoms with E-state index in [-0.39, 0.29) is 0 Å². The van der Waals surface area contributed by atoms with E-state index in [1.807, 2.05) is 0 Å². The van der Waals surface area contributed by atoms with E-state index in [4.69, 9.17) is 0 Å². The summed E-state index contributed by atoms with van der Waals surface area (Å²) in [4.78, 5) is 0. The highest BCUT2D eigenvalue weighted by Gasteiger charge is 2.10. The molecule has 0 aromatic heterocycles. The predicted octanol–water partition coefficient (Wildman–Crippen LogP) is 3.03. The van der Waals surface area contributed by atoms with Gasteiger partial charge in [-0.3, -0.25) is 0 Å². The molecule has 0 saturated heterocycles. The average molecular weight is 228 g/mol. The van der Waals surface area contributed by atoms with Crippen molar-refractivity contribution in [1.29, 1.82) is 0 Å². The molecule has 0 heterocycles. The normalized spacial score (nSPS) is 19.1. The van der Waals surface area contributed by atoms with Crippen LogP contribution in [0.5, 0.6) is 0 Å². The van der Waals surface area contributed by atoms with Crippen molar-refractivity contribution in [2.75, 3.05) is 13.1 Å². The fourth-order valence-corrected chi connectivity index (χ4v) is 1.71. The number of nitrogens with one attached hydrogen (secondary N) is 2. The molecule has 0 spiro atoms. The SMILES string of the molecule is CCC(C)C(C)NCCNC(C)C(C)CC. The molecule has 4 atom stereocenters. The van der Waals surface area contributed by atoms with Gasteiger partial charge in [0, 0.05) is 25.2 Å². The van der Waals surface area contributed by atoms with Crippen LogP contribution in [0.3, 0.4) is 0 Å². The highest BCUT2D eigenvalue weighted by atomic mass is 15.0. The lowest BCUT2D eigenvalue weighted by atomic mass is 10.0. The number of hydrogen-bond acceptors (Lipinski definition) is 2. The predicted molar refractivity (Wildman–Crippen MR) is 73.8 cm³/mol. The lowest BCUT2D eigenvalue weighted by molar-refractivity contribution is 0.361. The quantitative estimate of drug-likeness (QED) is 0.593. The monoisotopic (exact) mass is 228 g/mol. The van der Waals surface area contributed by atoms with Crippen molar-refractivity contribution in [3.63, 3.8) is 0 Å². The molecule has 0 aliphatic rings. The van der Waals surface area contributed by atoms with Gasteiger partial charge in [0.2, 0.25) is 0 Å². The van der Waals surface area contributed by atoms with Gasteiger partial charge >= 0.3 is 0 Å². The smallest absolute Gasteiger partial charge is 0.00794 e. The molecule has 0 aliphatic carbocycles. The molecule has 0 saturated carbocycles. The highest BCUT2D eigenvalue weighted by Crippen LogP contribution is 2.07. The topological polar surface area (TPSA) is 24.1 Å². The Balaban J connectivity index is 3.52. The lowest BCUT2D eigenvalue weighted by Gasteiger charge is -2.23. The minimum absolute atomic E-state index is 0.630. The van der Waals surface area contributed by atoms with E-state index in [9.17, 15) is 0 Å². The fraction of sp³-hybridized carbons (Fsp3) is 1.00. The number of rotatable bonds is 9. The minimum atomic E-state index is 0.630. The summed E-state index contributed by atoms with van der Waals surface area (Å²) in [5, 5.41) is 7.17. The third-order valence-electron chi connectivity index (χ3n) is 4.05. The Morgan fingerprint density at radius 3 is 1.25 bits per heavy atom. The maximum atomic E-state index is 3.58. The van der Waals surface area contributed by atoms with Gasteiger partial charge in [-0.05, 0) is 25.7 Å². The molecule has 2 nitrogen and oxygen atoms in total. The Labute approximate surface area is 103 Å². The van der Waals surface area contributed by atoms with Crippen LogP contribution in [-0.2, 0) is 0 Å². The molecular formula is C14H32N2. The van der Waals surface area contributed by atoms with Gasteiger partial charge in [-0.1, -0.05) is 40.5 Å². The Kier molecular flexibility index (Phi) is 8.96. The maximum absolute atomic E-state index is 3.58. The van der Waals surface area contributed by atoms with Crippen LogP contribution in [-0.4, -0.2) is 25.2 Å². The minimum Gasteiger partial charge on any atom is -0.313 e. The van der Waals surface area contributed by atoms with Gasteiger partial charge in [0.1, 0.15) is 0 Å². The molecule has 0 radical (unpaired) electrons. The molecule has 0 aliphatic heterocycles. The Morgan fingerprint density at radius 1 is 0.688 bits per heavy atom. The summed E-state index contributed by atoms with van der Waals surface area (Å²) >= 11 is 0. The second-order valence-electron chi connectivity index (χ2n) is 5.26. The first kappa shape index (κ1) is 15.9. The third-order valence-corrected chi connectivity index (χ3v) is 4.05. The lowest BCUT2D eigenvalue weighted by Crippen LogP contribution is -2.40. The van der Waals surface area contributed by atoms with Crippen molar-refractivity contribution in [3.8, 4) is 0 Å². The Bertz CT molecular complexity index is 141. The zero-order chi connectivity index (χ0) is 12.6. The number of hydrogen-bond donors (Lipinski definition) is 2. The van der Waals surface area contributed by atoms with Crippen LogP contribution >= 0.6 is 0 Å². The largest absolute Gasteiger partial charge is 0.313 e. The zero-order valence-electron chi connectivity index (χ0n) is 12.1. The van der Waals surface area contributed by atoms with Crippen LogP contribution in [0.2, 0.25) is 0 Å². The molecule has 4 unspecified atom stereocenters. The van der Waals surface area contributed by atoms with Crippen LogP contribution < -0.4 is 10.6 Å². The second kappa shape index (κ2) is 9.00. The van der Waals surface area contributed by atoms with Crippen LogP contribution in [0, 0.1) is 11.8 Å². The van der Waals surface area contributed by atoms with Crippen molar-refractivity contribution in [2.24, 2.45) is 11.8 Å². The summed E-state index contributed by atoms with van der Waals surface area (Å²) in [5.41, 5.74) is 0. The van der Waals surface area contributed by atoms with Gasteiger partial charge in [0.05, 0.1) is 0 Å². The average Bonchev–Trinajstić information content (AvgIpc) is 2.31. The zero-order valence-corrected chi connectivity index (χ0v) is 12.1. The van der Waals surface area contributed by atoms with Crippen LogP contribution in [0.25, 0.3) is 0 Å². The summed E-state index contributed by atoms with van der Waals surface area (Å²) < 4.78 is 0. The molecule has 0 amide bonds. The second-order valence-corrected chi connectivity index (χ2v) is 5.26. The van der Waals surface area contributed by atoms with Crippen molar-refractivity contribution in [3.05, 3.63) is 0 Å². The maximum Gasteiger partial charge on any atom is 0.00794 e. The Hall–Kier alpha value is -0.0800. The molecule has 2 heteroatoms. The van der Waals surface area contributed by atoms with Crippen molar-refractivity contribution in [2.45, 2.75) is 66.5 Å².